The number of anilines is 1. The van der Waals surface area contributed by atoms with E-state index in [9.17, 15) is 9.59 Å². The lowest BCUT2D eigenvalue weighted by molar-refractivity contribution is -0.135. The van der Waals surface area contributed by atoms with Crippen LogP contribution in [-0.2, 0) is 9.59 Å². The lowest BCUT2D eigenvalue weighted by Crippen LogP contribution is -2.49. The van der Waals surface area contributed by atoms with Gasteiger partial charge in [0.15, 0.2) is 0 Å². The third-order valence-corrected chi connectivity index (χ3v) is 4.84. The summed E-state index contributed by atoms with van der Waals surface area (Å²) >= 11 is 0. The summed E-state index contributed by atoms with van der Waals surface area (Å²) in [6, 6.07) is 5.88. The van der Waals surface area contributed by atoms with Gasteiger partial charge in [-0.1, -0.05) is 19.4 Å². The standard InChI is InChI=1S/C18H26N4O2/c1-2-3-7-20-17(23)14-13-15(14)18(24)22-11-9-21(10-12-22)16-6-4-5-8-19-16/h4-6,8,14-15H,2-3,7,9-13H2,1H3,(H,20,23). The third kappa shape index (κ3) is 3.86. The number of amides is 2. The molecule has 2 unspecified atom stereocenters. The van der Waals surface area contributed by atoms with Crippen molar-refractivity contribution < 1.29 is 9.59 Å². The molecule has 1 aliphatic heterocycles. The van der Waals surface area contributed by atoms with E-state index in [1.54, 1.807) is 6.20 Å². The average Bonchev–Trinajstić information content (AvgIpc) is 3.43. The van der Waals surface area contributed by atoms with Crippen LogP contribution in [0, 0.1) is 11.8 Å². The van der Waals surface area contributed by atoms with Crippen molar-refractivity contribution >= 4 is 17.6 Å². The average molecular weight is 330 g/mol. The molecule has 1 aliphatic carbocycles. The first-order chi connectivity index (χ1) is 11.7. The van der Waals surface area contributed by atoms with Crippen molar-refractivity contribution in [1.82, 2.24) is 15.2 Å². The Balaban J connectivity index is 1.44. The van der Waals surface area contributed by atoms with Crippen LogP contribution < -0.4 is 10.2 Å². The van der Waals surface area contributed by atoms with E-state index < -0.39 is 0 Å². The summed E-state index contributed by atoms with van der Waals surface area (Å²) < 4.78 is 0. The number of carbonyl (C=O) groups is 2. The number of hydrogen-bond acceptors (Lipinski definition) is 4. The number of nitrogens with one attached hydrogen (secondary N) is 1. The molecule has 1 N–H and O–H groups in total. The van der Waals surface area contributed by atoms with Crippen LogP contribution in [-0.4, -0.2) is 54.4 Å². The highest BCUT2D eigenvalue weighted by Gasteiger charge is 2.49. The number of piperazine rings is 1. The number of aromatic nitrogens is 1. The van der Waals surface area contributed by atoms with Gasteiger partial charge in [-0.2, -0.15) is 0 Å². The largest absolute Gasteiger partial charge is 0.356 e. The van der Waals surface area contributed by atoms with E-state index in [1.807, 2.05) is 23.1 Å². The van der Waals surface area contributed by atoms with Crippen molar-refractivity contribution in [1.29, 1.82) is 0 Å². The predicted octanol–water partition coefficient (Wildman–Crippen LogP) is 1.28. The fourth-order valence-corrected chi connectivity index (χ4v) is 3.21. The number of rotatable bonds is 6. The Morgan fingerprint density at radius 2 is 2.00 bits per heavy atom. The highest BCUT2D eigenvalue weighted by atomic mass is 16.2. The van der Waals surface area contributed by atoms with E-state index in [0.29, 0.717) is 19.5 Å². The van der Waals surface area contributed by atoms with Crippen molar-refractivity contribution in [3.8, 4) is 0 Å². The SMILES string of the molecule is CCCCNC(=O)C1CC1C(=O)N1CCN(c2ccccn2)CC1. The first-order valence-electron chi connectivity index (χ1n) is 8.93. The molecule has 1 aromatic heterocycles. The molecule has 2 aliphatic rings. The smallest absolute Gasteiger partial charge is 0.226 e. The van der Waals surface area contributed by atoms with Crippen LogP contribution in [0.25, 0.3) is 0 Å². The second-order valence-corrected chi connectivity index (χ2v) is 6.59. The van der Waals surface area contributed by atoms with Crippen LogP contribution in [0.3, 0.4) is 0 Å². The second-order valence-electron chi connectivity index (χ2n) is 6.59. The Labute approximate surface area is 143 Å². The van der Waals surface area contributed by atoms with Gasteiger partial charge in [0.05, 0.1) is 11.8 Å². The Morgan fingerprint density at radius 3 is 2.67 bits per heavy atom. The number of nitrogens with zero attached hydrogens (tertiary/aromatic N) is 3. The predicted molar refractivity (Wildman–Crippen MR) is 92.5 cm³/mol. The molecule has 0 aromatic carbocycles. The van der Waals surface area contributed by atoms with Gasteiger partial charge < -0.3 is 15.1 Å². The van der Waals surface area contributed by atoms with Gasteiger partial charge in [-0.15, -0.1) is 0 Å². The minimum absolute atomic E-state index is 0.0499. The number of carbonyl (C=O) groups excluding carboxylic acids is 2. The molecule has 0 radical (unpaired) electrons. The minimum Gasteiger partial charge on any atom is -0.356 e. The van der Waals surface area contributed by atoms with Gasteiger partial charge in [0.25, 0.3) is 0 Å². The van der Waals surface area contributed by atoms with Crippen LogP contribution in [0.1, 0.15) is 26.2 Å². The van der Waals surface area contributed by atoms with Crippen LogP contribution in [0.2, 0.25) is 0 Å². The van der Waals surface area contributed by atoms with Crippen LogP contribution in [0.4, 0.5) is 5.82 Å². The molecule has 0 spiro atoms. The molecule has 2 amide bonds. The molecule has 1 saturated carbocycles. The normalized spacial score (nSPS) is 23.0. The van der Waals surface area contributed by atoms with Gasteiger partial charge in [-0.05, 0) is 25.0 Å². The van der Waals surface area contributed by atoms with Crippen molar-refractivity contribution in [2.24, 2.45) is 11.8 Å². The monoisotopic (exact) mass is 330 g/mol. The molecule has 2 atom stereocenters. The van der Waals surface area contributed by atoms with Crippen LogP contribution in [0.5, 0.6) is 0 Å². The van der Waals surface area contributed by atoms with Gasteiger partial charge in [0.2, 0.25) is 11.8 Å². The highest BCUT2D eigenvalue weighted by molar-refractivity contribution is 5.92. The molecule has 1 saturated heterocycles. The van der Waals surface area contributed by atoms with Crippen LogP contribution in [0.15, 0.2) is 24.4 Å². The lowest BCUT2D eigenvalue weighted by Gasteiger charge is -2.35. The molecule has 130 valence electrons. The molecule has 1 aromatic rings. The minimum atomic E-state index is -0.108. The molecule has 2 fully saturated rings. The second kappa shape index (κ2) is 7.64. The zero-order valence-electron chi connectivity index (χ0n) is 14.3. The Kier molecular flexibility index (Phi) is 5.33. The topological polar surface area (TPSA) is 65.5 Å². The van der Waals surface area contributed by atoms with Gasteiger partial charge in [-0.3, -0.25) is 9.59 Å². The van der Waals surface area contributed by atoms with E-state index in [2.05, 4.69) is 22.1 Å². The summed E-state index contributed by atoms with van der Waals surface area (Å²) in [6.07, 6.45) is 4.55. The van der Waals surface area contributed by atoms with E-state index in [1.165, 1.54) is 0 Å². The first-order valence-corrected chi connectivity index (χ1v) is 8.93. The Morgan fingerprint density at radius 1 is 1.21 bits per heavy atom. The van der Waals surface area contributed by atoms with Crippen molar-refractivity contribution in [2.45, 2.75) is 26.2 Å². The zero-order chi connectivity index (χ0) is 16.9. The lowest BCUT2D eigenvalue weighted by atomic mass is 10.2. The molecule has 0 bridgehead atoms. The van der Waals surface area contributed by atoms with E-state index >= 15 is 0 Å². The zero-order valence-corrected chi connectivity index (χ0v) is 14.3. The Bertz CT molecular complexity index is 570. The molecule has 24 heavy (non-hydrogen) atoms. The molecular formula is C18H26N4O2. The Hall–Kier alpha value is -2.11. The van der Waals surface area contributed by atoms with Crippen molar-refractivity contribution in [2.75, 3.05) is 37.6 Å². The van der Waals surface area contributed by atoms with Gasteiger partial charge in [0, 0.05) is 38.9 Å². The summed E-state index contributed by atoms with van der Waals surface area (Å²) in [5.41, 5.74) is 0. The maximum atomic E-state index is 12.6. The van der Waals surface area contributed by atoms with Gasteiger partial charge >= 0.3 is 0 Å². The number of pyridine rings is 1. The fourth-order valence-electron chi connectivity index (χ4n) is 3.21. The summed E-state index contributed by atoms with van der Waals surface area (Å²) in [5.74, 6) is 0.945. The van der Waals surface area contributed by atoms with E-state index in [-0.39, 0.29) is 23.7 Å². The van der Waals surface area contributed by atoms with Gasteiger partial charge in [0.1, 0.15) is 5.82 Å². The molecular weight excluding hydrogens is 304 g/mol. The molecule has 6 heteroatoms. The number of unbranched alkanes of at least 4 members (excludes halogenated alkanes) is 1. The summed E-state index contributed by atoms with van der Waals surface area (Å²) in [5, 5.41) is 2.94. The summed E-state index contributed by atoms with van der Waals surface area (Å²) in [4.78, 5) is 33.0. The van der Waals surface area contributed by atoms with Crippen LogP contribution >= 0.6 is 0 Å². The molecule has 6 nitrogen and oxygen atoms in total. The summed E-state index contributed by atoms with van der Waals surface area (Å²) in [6.45, 7) is 5.81. The molecule has 3 rings (SSSR count). The maximum absolute atomic E-state index is 12.6. The highest BCUT2D eigenvalue weighted by Crippen LogP contribution is 2.40. The quantitative estimate of drug-likeness (QED) is 0.798. The van der Waals surface area contributed by atoms with Crippen molar-refractivity contribution in [3.63, 3.8) is 0 Å². The maximum Gasteiger partial charge on any atom is 0.226 e. The van der Waals surface area contributed by atoms with Gasteiger partial charge in [-0.25, -0.2) is 4.98 Å². The summed E-state index contributed by atoms with van der Waals surface area (Å²) in [7, 11) is 0. The van der Waals surface area contributed by atoms with E-state index in [4.69, 9.17) is 0 Å². The molecule has 2 heterocycles. The number of hydrogen-bond donors (Lipinski definition) is 1. The first kappa shape index (κ1) is 16.7. The van der Waals surface area contributed by atoms with Crippen molar-refractivity contribution in [3.05, 3.63) is 24.4 Å². The fraction of sp³-hybridized carbons (Fsp3) is 0.611. The third-order valence-electron chi connectivity index (χ3n) is 4.84. The van der Waals surface area contributed by atoms with E-state index in [0.717, 1.165) is 38.3 Å².